The summed E-state index contributed by atoms with van der Waals surface area (Å²) < 4.78 is 23.0. The quantitative estimate of drug-likeness (QED) is 0.493. The van der Waals surface area contributed by atoms with Crippen LogP contribution in [0.2, 0.25) is 24.7 Å². The van der Waals surface area contributed by atoms with E-state index in [1.54, 1.807) is 0 Å². The molecule has 18 heavy (non-hydrogen) atoms. The van der Waals surface area contributed by atoms with Crippen molar-refractivity contribution in [1.82, 2.24) is 0 Å². The molecule has 0 aliphatic carbocycles. The van der Waals surface area contributed by atoms with Gasteiger partial charge in [-0.05, 0) is 12.1 Å². The van der Waals surface area contributed by atoms with Crippen LogP contribution in [-0.2, 0) is 9.84 Å². The highest BCUT2D eigenvalue weighted by Gasteiger charge is 2.13. The maximum absolute atomic E-state index is 11.5. The van der Waals surface area contributed by atoms with Gasteiger partial charge < -0.3 is 5.73 Å². The minimum absolute atomic E-state index is 0.140. The average molecular weight is 302 g/mol. The van der Waals surface area contributed by atoms with Gasteiger partial charge in [0.15, 0.2) is 9.84 Å². The minimum atomic E-state index is -3.31. The molecule has 0 aromatic heterocycles. The fraction of sp³-hybridized carbons (Fsp3) is 0.333. The number of anilines is 1. The summed E-state index contributed by atoms with van der Waals surface area (Å²) in [6, 6.07) is 2.83. The predicted molar refractivity (Wildman–Crippen MR) is 79.2 cm³/mol. The third kappa shape index (κ3) is 4.05. The summed E-state index contributed by atoms with van der Waals surface area (Å²) in [4.78, 5) is 0.140. The normalized spacial score (nSPS) is 11.8. The van der Waals surface area contributed by atoms with Crippen LogP contribution in [0.15, 0.2) is 17.0 Å². The lowest BCUT2D eigenvalue weighted by Crippen LogP contribution is -2.16. The number of nitrogen functional groups attached to an aromatic ring is 1. The lowest BCUT2D eigenvalue weighted by Gasteiger charge is -2.07. The molecule has 0 bridgehead atoms. The molecule has 0 saturated heterocycles. The summed E-state index contributed by atoms with van der Waals surface area (Å²) >= 11 is 5.93. The number of hydrogen-bond donors (Lipinski definition) is 1. The first-order chi connectivity index (χ1) is 8.00. The zero-order valence-corrected chi connectivity index (χ0v) is 13.4. The van der Waals surface area contributed by atoms with E-state index in [1.165, 1.54) is 12.1 Å². The molecule has 1 aromatic carbocycles. The Labute approximate surface area is 114 Å². The van der Waals surface area contributed by atoms with E-state index in [0.29, 0.717) is 11.3 Å². The number of halogens is 1. The lowest BCUT2D eigenvalue weighted by molar-refractivity contribution is 0.602. The Morgan fingerprint density at radius 3 is 2.28 bits per heavy atom. The molecule has 2 N–H and O–H groups in total. The molecule has 0 amide bonds. The van der Waals surface area contributed by atoms with Crippen LogP contribution >= 0.6 is 11.6 Å². The molecule has 0 aliphatic heterocycles. The van der Waals surface area contributed by atoms with Gasteiger partial charge in [-0.3, -0.25) is 0 Å². The Bertz CT molecular complexity index is 637. The first kappa shape index (κ1) is 15.1. The molecule has 3 nitrogen and oxygen atoms in total. The highest BCUT2D eigenvalue weighted by atomic mass is 35.5. The molecule has 0 spiro atoms. The minimum Gasteiger partial charge on any atom is -0.397 e. The van der Waals surface area contributed by atoms with Gasteiger partial charge in [0.05, 0.1) is 15.6 Å². The van der Waals surface area contributed by atoms with Crippen molar-refractivity contribution in [3.05, 3.63) is 22.7 Å². The molecule has 0 radical (unpaired) electrons. The van der Waals surface area contributed by atoms with Crippen molar-refractivity contribution in [3.8, 4) is 11.5 Å². The van der Waals surface area contributed by atoms with E-state index in [9.17, 15) is 8.42 Å². The molecule has 6 heteroatoms. The van der Waals surface area contributed by atoms with E-state index >= 15 is 0 Å². The third-order valence-electron chi connectivity index (χ3n) is 2.10. The Morgan fingerprint density at radius 1 is 1.28 bits per heavy atom. The van der Waals surface area contributed by atoms with Gasteiger partial charge in [0.25, 0.3) is 0 Å². The number of sulfone groups is 1. The van der Waals surface area contributed by atoms with Crippen LogP contribution in [-0.4, -0.2) is 22.7 Å². The summed E-state index contributed by atoms with van der Waals surface area (Å²) in [5.74, 6) is 2.94. The van der Waals surface area contributed by atoms with Crippen molar-refractivity contribution >= 4 is 35.2 Å². The molecule has 0 unspecified atom stereocenters. The smallest absolute Gasteiger partial charge is 0.175 e. The van der Waals surface area contributed by atoms with E-state index in [-0.39, 0.29) is 9.92 Å². The number of nitrogens with two attached hydrogens (primary N) is 1. The highest BCUT2D eigenvalue weighted by molar-refractivity contribution is 7.90. The van der Waals surface area contributed by atoms with Gasteiger partial charge in [0, 0.05) is 11.8 Å². The zero-order valence-electron chi connectivity index (χ0n) is 10.8. The van der Waals surface area contributed by atoms with E-state index in [2.05, 4.69) is 31.1 Å². The Hall–Kier alpha value is -0.963. The van der Waals surface area contributed by atoms with Gasteiger partial charge in [0.2, 0.25) is 0 Å². The maximum Gasteiger partial charge on any atom is 0.175 e. The molecular weight excluding hydrogens is 286 g/mol. The number of rotatable bonds is 1. The van der Waals surface area contributed by atoms with Crippen LogP contribution in [0.5, 0.6) is 0 Å². The molecule has 0 aliphatic rings. The highest BCUT2D eigenvalue weighted by Crippen LogP contribution is 2.26. The average Bonchev–Trinajstić information content (AvgIpc) is 2.17. The fourth-order valence-corrected chi connectivity index (χ4v) is 2.62. The second-order valence-electron chi connectivity index (χ2n) is 5.14. The monoisotopic (exact) mass is 301 g/mol. The van der Waals surface area contributed by atoms with Crippen molar-refractivity contribution in [2.75, 3.05) is 12.0 Å². The Morgan fingerprint density at radius 2 is 1.83 bits per heavy atom. The van der Waals surface area contributed by atoms with Crippen molar-refractivity contribution < 1.29 is 8.42 Å². The molecule has 1 aromatic rings. The van der Waals surface area contributed by atoms with Crippen LogP contribution in [0.3, 0.4) is 0 Å². The predicted octanol–water partition coefficient (Wildman–Crippen LogP) is 2.55. The third-order valence-corrected chi connectivity index (χ3v) is 4.38. The SMILES string of the molecule is C[Si](C)(C)C#Cc1cc(S(C)(=O)=O)cc(Cl)c1N. The van der Waals surface area contributed by atoms with Gasteiger partial charge >= 0.3 is 0 Å². The van der Waals surface area contributed by atoms with Crippen LogP contribution in [0, 0.1) is 11.5 Å². The number of benzene rings is 1. The Kier molecular flexibility index (Phi) is 4.16. The molecule has 1 rings (SSSR count). The standard InChI is InChI=1S/C12H16ClNO2SSi/c1-17(15,16)10-7-9(5-6-18(2,3)4)12(14)11(13)8-10/h7-8H,14H2,1-4H3. The molecule has 0 heterocycles. The Balaban J connectivity index is 3.45. The van der Waals surface area contributed by atoms with Gasteiger partial charge in [0.1, 0.15) is 8.07 Å². The van der Waals surface area contributed by atoms with Gasteiger partial charge in [-0.2, -0.15) is 0 Å². The van der Waals surface area contributed by atoms with Crippen LogP contribution in [0.1, 0.15) is 5.56 Å². The molecule has 0 fully saturated rings. The van der Waals surface area contributed by atoms with Crippen LogP contribution in [0.25, 0.3) is 0 Å². The van der Waals surface area contributed by atoms with Crippen molar-refractivity contribution in [2.24, 2.45) is 0 Å². The first-order valence-electron chi connectivity index (χ1n) is 5.33. The van der Waals surface area contributed by atoms with Crippen LogP contribution in [0.4, 0.5) is 5.69 Å². The topological polar surface area (TPSA) is 60.2 Å². The fourth-order valence-electron chi connectivity index (χ4n) is 1.17. The van der Waals surface area contributed by atoms with Gasteiger partial charge in [-0.25, -0.2) is 8.42 Å². The second kappa shape index (κ2) is 4.96. The second-order valence-corrected chi connectivity index (χ2v) is 12.3. The van der Waals surface area contributed by atoms with Crippen molar-refractivity contribution in [1.29, 1.82) is 0 Å². The summed E-state index contributed by atoms with van der Waals surface area (Å²) in [7, 11) is -4.87. The van der Waals surface area contributed by atoms with Crippen molar-refractivity contribution in [3.63, 3.8) is 0 Å². The summed E-state index contributed by atoms with van der Waals surface area (Å²) in [6.07, 6.45) is 1.13. The van der Waals surface area contributed by atoms with Gasteiger partial charge in [-0.15, -0.1) is 5.54 Å². The molecular formula is C12H16ClNO2SSi. The van der Waals surface area contributed by atoms with E-state index in [1.807, 2.05) is 0 Å². The molecule has 0 saturated carbocycles. The maximum atomic E-state index is 11.5. The lowest BCUT2D eigenvalue weighted by atomic mass is 10.2. The van der Waals surface area contributed by atoms with E-state index < -0.39 is 17.9 Å². The summed E-state index contributed by atoms with van der Waals surface area (Å²) in [5.41, 5.74) is 9.76. The molecule has 98 valence electrons. The van der Waals surface area contributed by atoms with E-state index in [0.717, 1.165) is 6.26 Å². The zero-order chi connectivity index (χ0) is 14.1. The first-order valence-corrected chi connectivity index (χ1v) is 11.1. The van der Waals surface area contributed by atoms with Crippen molar-refractivity contribution in [2.45, 2.75) is 24.5 Å². The largest absolute Gasteiger partial charge is 0.397 e. The van der Waals surface area contributed by atoms with E-state index in [4.69, 9.17) is 17.3 Å². The van der Waals surface area contributed by atoms with Gasteiger partial charge in [-0.1, -0.05) is 37.2 Å². The molecule has 0 atom stereocenters. The summed E-state index contributed by atoms with van der Waals surface area (Å²) in [6.45, 7) is 6.29. The van der Waals surface area contributed by atoms with Crippen LogP contribution < -0.4 is 5.73 Å². The summed E-state index contributed by atoms with van der Waals surface area (Å²) in [5, 5.41) is 0.220. The number of hydrogen-bond acceptors (Lipinski definition) is 3.